The van der Waals surface area contributed by atoms with Crippen LogP contribution in [0.25, 0.3) is 0 Å². The second-order valence-corrected chi connectivity index (χ2v) is 11.1. The van der Waals surface area contributed by atoms with Crippen molar-refractivity contribution in [1.29, 1.82) is 0 Å². The van der Waals surface area contributed by atoms with E-state index in [1.54, 1.807) is 12.1 Å². The average Bonchev–Trinajstić information content (AvgIpc) is 2.60. The Bertz CT molecular complexity index is 677. The molecule has 0 aromatic heterocycles. The van der Waals surface area contributed by atoms with Gasteiger partial charge in [0, 0.05) is 29.7 Å². The van der Waals surface area contributed by atoms with Crippen molar-refractivity contribution in [3.05, 3.63) is 35.6 Å². The summed E-state index contributed by atoms with van der Waals surface area (Å²) in [6, 6.07) is 7.69. The zero-order chi connectivity index (χ0) is 21.8. The van der Waals surface area contributed by atoms with Gasteiger partial charge in [-0.3, -0.25) is 0 Å². The van der Waals surface area contributed by atoms with Gasteiger partial charge in [0.05, 0.1) is 0 Å². The molecule has 0 spiro atoms. The normalized spacial score (nSPS) is 22.7. The van der Waals surface area contributed by atoms with Gasteiger partial charge in [-0.15, -0.1) is 0 Å². The molecule has 0 amide bonds. The van der Waals surface area contributed by atoms with E-state index in [1.807, 2.05) is 12.1 Å². The molecule has 30 heavy (non-hydrogen) atoms. The Balaban J connectivity index is 1.79. The van der Waals surface area contributed by atoms with Crippen LogP contribution in [0.15, 0.2) is 24.3 Å². The van der Waals surface area contributed by atoms with E-state index in [2.05, 4.69) is 43.2 Å². The first kappa shape index (κ1) is 23.5. The van der Waals surface area contributed by atoms with Gasteiger partial charge in [-0.2, -0.15) is 0 Å². The molecule has 0 radical (unpaired) electrons. The molecule has 2 fully saturated rings. The van der Waals surface area contributed by atoms with E-state index in [9.17, 15) is 4.39 Å². The lowest BCUT2D eigenvalue weighted by atomic mass is 9.79. The minimum atomic E-state index is -0.190. The van der Waals surface area contributed by atoms with Crippen molar-refractivity contribution in [3.8, 4) is 0 Å². The number of hydrogen-bond acceptors (Lipinski definition) is 2. The first-order valence-electron chi connectivity index (χ1n) is 11.7. The highest BCUT2D eigenvalue weighted by Crippen LogP contribution is 2.32. The summed E-state index contributed by atoms with van der Waals surface area (Å²) in [6.07, 6.45) is 11.1. The van der Waals surface area contributed by atoms with Crippen LogP contribution >= 0.6 is 12.2 Å². The average molecular weight is 434 g/mol. The quantitative estimate of drug-likeness (QED) is 0.576. The van der Waals surface area contributed by atoms with Gasteiger partial charge in [-0.1, -0.05) is 44.2 Å². The molecule has 5 heteroatoms. The zero-order valence-corrected chi connectivity index (χ0v) is 20.1. The summed E-state index contributed by atoms with van der Waals surface area (Å²) in [5.74, 6) is -0.190. The molecular weight excluding hydrogens is 393 g/mol. The second kappa shape index (κ2) is 9.95. The van der Waals surface area contributed by atoms with E-state index in [4.69, 9.17) is 12.2 Å². The number of benzene rings is 1. The Morgan fingerprint density at radius 2 is 1.53 bits per heavy atom. The maximum atomic E-state index is 13.5. The molecule has 1 aromatic carbocycles. The van der Waals surface area contributed by atoms with Gasteiger partial charge < -0.3 is 15.5 Å². The van der Waals surface area contributed by atoms with E-state index in [-0.39, 0.29) is 16.9 Å². The zero-order valence-electron chi connectivity index (χ0n) is 19.3. The smallest absolute Gasteiger partial charge is 0.169 e. The van der Waals surface area contributed by atoms with Crippen molar-refractivity contribution < 1.29 is 4.39 Å². The lowest BCUT2D eigenvalue weighted by molar-refractivity contribution is 0.0990. The SMILES string of the molecule is CC1(C)CC(N(Cc2ccc(F)cc2)C(=S)NC2CCCCCCC2)CC(C)(C)N1. The van der Waals surface area contributed by atoms with Crippen LogP contribution in [-0.4, -0.2) is 33.2 Å². The van der Waals surface area contributed by atoms with E-state index in [1.165, 1.54) is 44.9 Å². The maximum absolute atomic E-state index is 13.5. The predicted octanol–water partition coefficient (Wildman–Crippen LogP) is 5.92. The lowest BCUT2D eigenvalue weighted by Crippen LogP contribution is -2.63. The summed E-state index contributed by atoms with van der Waals surface area (Å²) in [6.45, 7) is 9.84. The van der Waals surface area contributed by atoms with E-state index in [0.29, 0.717) is 12.1 Å². The largest absolute Gasteiger partial charge is 0.360 e. The number of thiocarbonyl (C=S) groups is 1. The Labute approximate surface area is 188 Å². The fourth-order valence-corrected chi connectivity index (χ4v) is 5.88. The lowest BCUT2D eigenvalue weighted by Gasteiger charge is -2.50. The van der Waals surface area contributed by atoms with Crippen LogP contribution in [0.2, 0.25) is 0 Å². The molecule has 3 nitrogen and oxygen atoms in total. The number of nitrogens with zero attached hydrogens (tertiary/aromatic N) is 1. The first-order valence-corrected chi connectivity index (χ1v) is 12.2. The minimum Gasteiger partial charge on any atom is -0.360 e. The maximum Gasteiger partial charge on any atom is 0.169 e. The van der Waals surface area contributed by atoms with E-state index < -0.39 is 0 Å². The van der Waals surface area contributed by atoms with E-state index >= 15 is 0 Å². The molecule has 0 unspecified atom stereocenters. The Kier molecular flexibility index (Phi) is 7.78. The number of piperidine rings is 1. The van der Waals surface area contributed by atoms with Crippen LogP contribution < -0.4 is 10.6 Å². The first-order chi connectivity index (χ1) is 14.1. The molecule has 1 saturated heterocycles. The van der Waals surface area contributed by atoms with E-state index in [0.717, 1.165) is 30.1 Å². The molecule has 0 bridgehead atoms. The van der Waals surface area contributed by atoms with Gasteiger partial charge in [0.15, 0.2) is 5.11 Å². The van der Waals surface area contributed by atoms with Crippen molar-refractivity contribution in [2.45, 2.75) is 115 Å². The third-order valence-electron chi connectivity index (χ3n) is 6.57. The van der Waals surface area contributed by atoms with Gasteiger partial charge in [-0.25, -0.2) is 4.39 Å². The highest BCUT2D eigenvalue weighted by atomic mass is 32.1. The van der Waals surface area contributed by atoms with Crippen LogP contribution in [0.5, 0.6) is 0 Å². The monoisotopic (exact) mass is 433 g/mol. The fraction of sp³-hybridized carbons (Fsp3) is 0.720. The van der Waals surface area contributed by atoms with Gasteiger partial charge in [-0.05, 0) is 83.3 Å². The summed E-state index contributed by atoms with van der Waals surface area (Å²) in [4.78, 5) is 2.38. The van der Waals surface area contributed by atoms with Crippen LogP contribution in [0.1, 0.15) is 91.0 Å². The van der Waals surface area contributed by atoms with Crippen molar-refractivity contribution in [1.82, 2.24) is 15.5 Å². The molecule has 1 heterocycles. The van der Waals surface area contributed by atoms with Gasteiger partial charge in [0.1, 0.15) is 5.82 Å². The predicted molar refractivity (Wildman–Crippen MR) is 128 cm³/mol. The summed E-state index contributed by atoms with van der Waals surface area (Å²) < 4.78 is 13.5. The molecule has 0 atom stereocenters. The van der Waals surface area contributed by atoms with Crippen molar-refractivity contribution >= 4 is 17.3 Å². The molecule has 1 aromatic rings. The fourth-order valence-electron chi connectivity index (χ4n) is 5.50. The molecule has 3 rings (SSSR count). The minimum absolute atomic E-state index is 0.0450. The third kappa shape index (κ3) is 6.91. The summed E-state index contributed by atoms with van der Waals surface area (Å²) in [5.41, 5.74) is 1.19. The number of halogens is 1. The van der Waals surface area contributed by atoms with Crippen LogP contribution in [0, 0.1) is 5.82 Å². The van der Waals surface area contributed by atoms with Crippen LogP contribution in [0.3, 0.4) is 0 Å². The molecule has 1 aliphatic carbocycles. The molecule has 2 N–H and O–H groups in total. The highest BCUT2D eigenvalue weighted by Gasteiger charge is 2.40. The third-order valence-corrected chi connectivity index (χ3v) is 6.92. The van der Waals surface area contributed by atoms with Crippen molar-refractivity contribution in [2.24, 2.45) is 0 Å². The Morgan fingerprint density at radius 1 is 1.00 bits per heavy atom. The number of rotatable bonds is 4. The summed E-state index contributed by atoms with van der Waals surface area (Å²) in [7, 11) is 0. The molecule has 168 valence electrons. The topological polar surface area (TPSA) is 27.3 Å². The van der Waals surface area contributed by atoms with Gasteiger partial charge >= 0.3 is 0 Å². The molecule has 1 aliphatic heterocycles. The Morgan fingerprint density at radius 3 is 2.10 bits per heavy atom. The number of hydrogen-bond donors (Lipinski definition) is 2. The summed E-state index contributed by atoms with van der Waals surface area (Å²) in [5, 5.41) is 8.38. The second-order valence-electron chi connectivity index (χ2n) is 10.7. The number of nitrogens with one attached hydrogen (secondary N) is 2. The highest BCUT2D eigenvalue weighted by molar-refractivity contribution is 7.80. The standard InChI is InChI=1S/C25H40FN3S/c1-24(2)16-22(17-25(3,4)28-24)29(18-19-12-14-20(26)15-13-19)23(30)27-21-10-8-6-5-7-9-11-21/h12-15,21-22,28H,5-11,16-18H2,1-4H3,(H,27,30). The molecule has 1 saturated carbocycles. The van der Waals surface area contributed by atoms with Crippen molar-refractivity contribution in [3.63, 3.8) is 0 Å². The van der Waals surface area contributed by atoms with Crippen LogP contribution in [0.4, 0.5) is 4.39 Å². The Hall–Kier alpha value is -1.20. The molecule has 2 aliphatic rings. The van der Waals surface area contributed by atoms with Crippen molar-refractivity contribution in [2.75, 3.05) is 0 Å². The summed E-state index contributed by atoms with van der Waals surface area (Å²) >= 11 is 6.01. The van der Waals surface area contributed by atoms with Crippen LogP contribution in [-0.2, 0) is 6.54 Å². The molecular formula is C25H40FN3S. The van der Waals surface area contributed by atoms with Gasteiger partial charge in [0.2, 0.25) is 0 Å². The van der Waals surface area contributed by atoms with Gasteiger partial charge in [0.25, 0.3) is 0 Å².